The number of hydrogen-bond acceptors (Lipinski definition) is 1. The van der Waals surface area contributed by atoms with Crippen LogP contribution in [0.15, 0.2) is 48.5 Å². The Balaban J connectivity index is 1.96. The SMILES string of the molecule is CN(CCc1cccc(C(F)(F)F)c1)C(=O)C#Cc1cccc(Cl)c1. The second-order valence-electron chi connectivity index (χ2n) is 5.44. The van der Waals surface area contributed by atoms with Gasteiger partial charge in [-0.1, -0.05) is 41.8 Å². The first-order valence-corrected chi connectivity index (χ1v) is 7.82. The number of amides is 1. The van der Waals surface area contributed by atoms with Gasteiger partial charge in [0.15, 0.2) is 0 Å². The lowest BCUT2D eigenvalue weighted by Crippen LogP contribution is -2.27. The summed E-state index contributed by atoms with van der Waals surface area (Å²) in [6, 6.07) is 11.9. The molecule has 1 amide bonds. The molecule has 130 valence electrons. The minimum absolute atomic E-state index is 0.268. The van der Waals surface area contributed by atoms with Gasteiger partial charge in [0.2, 0.25) is 0 Å². The fourth-order valence-corrected chi connectivity index (χ4v) is 2.28. The zero-order chi connectivity index (χ0) is 18.4. The molecule has 25 heavy (non-hydrogen) atoms. The summed E-state index contributed by atoms with van der Waals surface area (Å²) in [5.41, 5.74) is 0.434. The third kappa shape index (κ3) is 5.84. The summed E-state index contributed by atoms with van der Waals surface area (Å²) in [5.74, 6) is 4.80. The molecule has 0 spiro atoms. The van der Waals surface area contributed by atoms with Crippen molar-refractivity contribution in [3.05, 3.63) is 70.2 Å². The van der Waals surface area contributed by atoms with Crippen molar-refractivity contribution in [2.24, 2.45) is 0 Å². The van der Waals surface area contributed by atoms with Crippen LogP contribution in [0.2, 0.25) is 5.02 Å². The third-order valence-corrected chi connectivity index (χ3v) is 3.71. The molecule has 0 atom stereocenters. The second-order valence-corrected chi connectivity index (χ2v) is 5.87. The Morgan fingerprint density at radius 3 is 2.56 bits per heavy atom. The molecular formula is C19H15ClF3NO. The quantitative estimate of drug-likeness (QED) is 0.738. The third-order valence-electron chi connectivity index (χ3n) is 3.48. The van der Waals surface area contributed by atoms with E-state index in [9.17, 15) is 18.0 Å². The predicted octanol–water partition coefficient (Wildman–Crippen LogP) is 4.41. The van der Waals surface area contributed by atoms with E-state index < -0.39 is 17.6 Å². The Labute approximate surface area is 149 Å². The highest BCUT2D eigenvalue weighted by molar-refractivity contribution is 6.30. The minimum atomic E-state index is -4.37. The average Bonchev–Trinajstić information content (AvgIpc) is 2.57. The Hall–Kier alpha value is -2.45. The van der Waals surface area contributed by atoms with Crippen LogP contribution < -0.4 is 0 Å². The molecular weight excluding hydrogens is 351 g/mol. The molecule has 2 nitrogen and oxygen atoms in total. The van der Waals surface area contributed by atoms with Crippen molar-refractivity contribution in [2.75, 3.05) is 13.6 Å². The van der Waals surface area contributed by atoms with Crippen LogP contribution in [-0.2, 0) is 17.4 Å². The van der Waals surface area contributed by atoms with E-state index in [1.807, 2.05) is 0 Å². The summed E-state index contributed by atoms with van der Waals surface area (Å²) < 4.78 is 38.1. The van der Waals surface area contributed by atoms with Gasteiger partial charge in [-0.3, -0.25) is 4.79 Å². The Kier molecular flexibility index (Phi) is 6.11. The molecule has 2 rings (SSSR count). The fraction of sp³-hybridized carbons (Fsp3) is 0.211. The van der Waals surface area contributed by atoms with E-state index in [2.05, 4.69) is 11.8 Å². The average molecular weight is 366 g/mol. The molecule has 6 heteroatoms. The molecule has 0 saturated carbocycles. The zero-order valence-corrected chi connectivity index (χ0v) is 14.2. The maximum absolute atomic E-state index is 12.7. The molecule has 0 fully saturated rings. The van der Waals surface area contributed by atoms with Crippen LogP contribution in [0.4, 0.5) is 13.2 Å². The summed E-state index contributed by atoms with van der Waals surface area (Å²) in [6.07, 6.45) is -4.06. The molecule has 0 unspecified atom stereocenters. The minimum Gasteiger partial charge on any atom is -0.335 e. The van der Waals surface area contributed by atoms with Gasteiger partial charge in [0, 0.05) is 30.1 Å². The second kappa shape index (κ2) is 8.09. The first-order chi connectivity index (χ1) is 11.8. The predicted molar refractivity (Wildman–Crippen MR) is 91.1 cm³/mol. The monoisotopic (exact) mass is 365 g/mol. The van der Waals surface area contributed by atoms with Crippen molar-refractivity contribution in [3.8, 4) is 11.8 Å². The first-order valence-electron chi connectivity index (χ1n) is 7.44. The molecule has 0 saturated heterocycles. The van der Waals surface area contributed by atoms with Gasteiger partial charge < -0.3 is 4.90 Å². The van der Waals surface area contributed by atoms with Crippen LogP contribution in [0.5, 0.6) is 0 Å². The van der Waals surface area contributed by atoms with Crippen LogP contribution in [0.3, 0.4) is 0 Å². The number of halogens is 4. The van der Waals surface area contributed by atoms with Crippen LogP contribution in [-0.4, -0.2) is 24.4 Å². The van der Waals surface area contributed by atoms with E-state index in [0.717, 1.165) is 12.1 Å². The summed E-state index contributed by atoms with van der Waals surface area (Å²) in [7, 11) is 1.56. The maximum Gasteiger partial charge on any atom is 0.416 e. The number of alkyl halides is 3. The van der Waals surface area contributed by atoms with Crippen molar-refractivity contribution >= 4 is 17.5 Å². The molecule has 0 aliphatic carbocycles. The van der Waals surface area contributed by atoms with Crippen LogP contribution in [0, 0.1) is 11.8 Å². The van der Waals surface area contributed by atoms with Gasteiger partial charge in [-0.2, -0.15) is 13.2 Å². The molecule has 0 bridgehead atoms. The molecule has 0 heterocycles. The number of carbonyl (C=O) groups excluding carboxylic acids is 1. The van der Waals surface area contributed by atoms with Gasteiger partial charge in [0.1, 0.15) is 0 Å². The van der Waals surface area contributed by atoms with Crippen molar-refractivity contribution < 1.29 is 18.0 Å². The Morgan fingerprint density at radius 2 is 1.88 bits per heavy atom. The highest BCUT2D eigenvalue weighted by Crippen LogP contribution is 2.29. The van der Waals surface area contributed by atoms with Gasteiger partial charge in [-0.05, 0) is 36.2 Å². The number of nitrogens with zero attached hydrogens (tertiary/aromatic N) is 1. The van der Waals surface area contributed by atoms with Crippen molar-refractivity contribution in [1.82, 2.24) is 4.90 Å². The molecule has 2 aromatic rings. The zero-order valence-electron chi connectivity index (χ0n) is 13.4. The maximum atomic E-state index is 12.7. The molecule has 0 aromatic heterocycles. The van der Waals surface area contributed by atoms with E-state index in [1.54, 1.807) is 37.4 Å². The highest BCUT2D eigenvalue weighted by atomic mass is 35.5. The Morgan fingerprint density at radius 1 is 1.16 bits per heavy atom. The van der Waals surface area contributed by atoms with E-state index in [1.165, 1.54) is 11.0 Å². The van der Waals surface area contributed by atoms with E-state index in [4.69, 9.17) is 11.6 Å². The molecule has 0 aliphatic heterocycles. The smallest absolute Gasteiger partial charge is 0.335 e. The van der Waals surface area contributed by atoms with Gasteiger partial charge >= 0.3 is 6.18 Å². The van der Waals surface area contributed by atoms with E-state index in [0.29, 0.717) is 22.6 Å². The van der Waals surface area contributed by atoms with Gasteiger partial charge in [-0.15, -0.1) is 0 Å². The lowest BCUT2D eigenvalue weighted by atomic mass is 10.1. The summed E-state index contributed by atoms with van der Waals surface area (Å²) in [4.78, 5) is 13.4. The largest absolute Gasteiger partial charge is 0.416 e. The van der Waals surface area contributed by atoms with Gasteiger partial charge in [0.25, 0.3) is 5.91 Å². The summed E-state index contributed by atoms with van der Waals surface area (Å²) in [5, 5.41) is 0.525. The van der Waals surface area contributed by atoms with Crippen LogP contribution in [0.1, 0.15) is 16.7 Å². The Bertz CT molecular complexity index is 821. The van der Waals surface area contributed by atoms with Crippen molar-refractivity contribution in [2.45, 2.75) is 12.6 Å². The number of likely N-dealkylation sites (N-methyl/N-ethyl adjacent to an activating group) is 1. The standard InChI is InChI=1S/C19H15ClF3NO/c1-24(18(25)9-8-14-5-3-7-17(20)13-14)11-10-15-4-2-6-16(12-15)19(21,22)23/h2-7,12-13H,10-11H2,1H3. The highest BCUT2D eigenvalue weighted by Gasteiger charge is 2.30. The number of hydrogen-bond donors (Lipinski definition) is 0. The lowest BCUT2D eigenvalue weighted by Gasteiger charge is -2.14. The number of benzene rings is 2. The van der Waals surface area contributed by atoms with Gasteiger partial charge in [-0.25, -0.2) is 0 Å². The number of rotatable bonds is 3. The van der Waals surface area contributed by atoms with Gasteiger partial charge in [0.05, 0.1) is 5.56 Å². The lowest BCUT2D eigenvalue weighted by molar-refractivity contribution is -0.137. The molecule has 0 aliphatic rings. The molecule has 0 N–H and O–H groups in total. The van der Waals surface area contributed by atoms with Crippen LogP contribution in [0.25, 0.3) is 0 Å². The van der Waals surface area contributed by atoms with E-state index >= 15 is 0 Å². The van der Waals surface area contributed by atoms with Crippen LogP contribution >= 0.6 is 11.6 Å². The first kappa shape index (κ1) is 18.9. The van der Waals surface area contributed by atoms with E-state index in [-0.39, 0.29) is 6.54 Å². The fourth-order valence-electron chi connectivity index (χ4n) is 2.09. The normalized spacial score (nSPS) is 10.8. The number of carbonyl (C=O) groups is 1. The summed E-state index contributed by atoms with van der Waals surface area (Å²) >= 11 is 5.84. The molecule has 2 aromatic carbocycles. The van der Waals surface area contributed by atoms with Crippen molar-refractivity contribution in [1.29, 1.82) is 0 Å². The summed E-state index contributed by atoms with van der Waals surface area (Å²) in [6.45, 7) is 0.268. The molecule has 0 radical (unpaired) electrons. The topological polar surface area (TPSA) is 20.3 Å². The van der Waals surface area contributed by atoms with Crippen molar-refractivity contribution in [3.63, 3.8) is 0 Å².